The fourth-order valence-corrected chi connectivity index (χ4v) is 4.25. The van der Waals surface area contributed by atoms with Gasteiger partial charge in [-0.05, 0) is 67.9 Å². The van der Waals surface area contributed by atoms with Crippen molar-refractivity contribution in [3.63, 3.8) is 0 Å². The van der Waals surface area contributed by atoms with Gasteiger partial charge in [0.15, 0.2) is 0 Å². The van der Waals surface area contributed by atoms with E-state index >= 15 is 0 Å². The van der Waals surface area contributed by atoms with Crippen LogP contribution in [-0.2, 0) is 9.59 Å². The first-order valence-electron chi connectivity index (χ1n) is 9.98. The van der Waals surface area contributed by atoms with Crippen LogP contribution in [0.15, 0.2) is 54.1 Å². The van der Waals surface area contributed by atoms with E-state index in [0.717, 1.165) is 25.9 Å². The highest BCUT2D eigenvalue weighted by atomic mass is 35.5. The number of benzene rings is 2. The molecule has 1 unspecified atom stereocenters. The molecule has 5 nitrogen and oxygen atoms in total. The molecule has 0 bridgehead atoms. The first-order valence-corrected chi connectivity index (χ1v) is 10.4. The summed E-state index contributed by atoms with van der Waals surface area (Å²) in [5.74, 6) is -2.06. The highest BCUT2D eigenvalue weighted by Gasteiger charge is 2.46. The van der Waals surface area contributed by atoms with Crippen molar-refractivity contribution >= 4 is 29.1 Å². The van der Waals surface area contributed by atoms with Gasteiger partial charge in [-0.2, -0.15) is 0 Å². The topological polar surface area (TPSA) is 60.9 Å². The Balaban J connectivity index is 1.75. The van der Waals surface area contributed by atoms with E-state index in [4.69, 9.17) is 11.6 Å². The molecule has 0 aliphatic carbocycles. The summed E-state index contributed by atoms with van der Waals surface area (Å²) < 4.78 is 13.5. The number of amides is 1. The molecule has 0 saturated carbocycles. The average Bonchev–Trinajstić information content (AvgIpc) is 3.34. The minimum atomic E-state index is -0.774. The van der Waals surface area contributed by atoms with Crippen molar-refractivity contribution in [2.75, 3.05) is 26.2 Å². The lowest BCUT2D eigenvalue weighted by atomic mass is 9.95. The standard InChI is InChI=1S/C23H22ClFN2O3/c24-17-7-3-16(4-8-17)21(28)19-20(15-5-9-18(25)10-6-15)27(23(30)22(19)29)14-13-26-11-1-2-12-26/h3-10,20,28H,1-2,11-14H2/b21-19+. The van der Waals surface area contributed by atoms with E-state index in [9.17, 15) is 19.1 Å². The molecule has 2 aromatic carbocycles. The van der Waals surface area contributed by atoms with Crippen molar-refractivity contribution < 1.29 is 19.1 Å². The van der Waals surface area contributed by atoms with E-state index in [-0.39, 0.29) is 11.3 Å². The number of rotatable bonds is 5. The lowest BCUT2D eigenvalue weighted by Gasteiger charge is -2.27. The Morgan fingerprint density at radius 1 is 1.00 bits per heavy atom. The van der Waals surface area contributed by atoms with Crippen LogP contribution in [0.25, 0.3) is 5.76 Å². The second-order valence-corrected chi connectivity index (χ2v) is 8.04. The van der Waals surface area contributed by atoms with Crippen molar-refractivity contribution in [3.8, 4) is 0 Å². The molecule has 2 aliphatic heterocycles. The summed E-state index contributed by atoms with van der Waals surface area (Å²) in [5.41, 5.74) is 0.979. The lowest BCUT2D eigenvalue weighted by molar-refractivity contribution is -0.140. The first kappa shape index (κ1) is 20.6. The third-order valence-electron chi connectivity index (χ3n) is 5.70. The van der Waals surface area contributed by atoms with Crippen LogP contribution in [0.2, 0.25) is 5.02 Å². The van der Waals surface area contributed by atoms with Crippen LogP contribution in [0.3, 0.4) is 0 Å². The number of aliphatic hydroxyl groups excluding tert-OH is 1. The van der Waals surface area contributed by atoms with Gasteiger partial charge in [-0.25, -0.2) is 4.39 Å². The molecule has 2 aromatic rings. The van der Waals surface area contributed by atoms with Crippen molar-refractivity contribution in [3.05, 3.63) is 76.1 Å². The summed E-state index contributed by atoms with van der Waals surface area (Å²) in [7, 11) is 0. The maximum absolute atomic E-state index is 13.5. The van der Waals surface area contributed by atoms with Gasteiger partial charge in [0.2, 0.25) is 0 Å². The summed E-state index contributed by atoms with van der Waals surface area (Å²) in [4.78, 5) is 29.5. The minimum absolute atomic E-state index is 0.00959. The quantitative estimate of drug-likeness (QED) is 0.444. The Kier molecular flexibility index (Phi) is 5.88. The molecule has 156 valence electrons. The fraction of sp³-hybridized carbons (Fsp3) is 0.304. The molecule has 1 atom stereocenters. The summed E-state index contributed by atoms with van der Waals surface area (Å²) in [5, 5.41) is 11.4. The summed E-state index contributed by atoms with van der Waals surface area (Å²) in [6, 6.07) is 11.3. The van der Waals surface area contributed by atoms with E-state index in [0.29, 0.717) is 29.2 Å². The van der Waals surface area contributed by atoms with Gasteiger partial charge in [0.1, 0.15) is 11.6 Å². The van der Waals surface area contributed by atoms with E-state index in [1.54, 1.807) is 36.4 Å². The molecule has 0 radical (unpaired) electrons. The minimum Gasteiger partial charge on any atom is -0.507 e. The predicted molar refractivity (Wildman–Crippen MR) is 113 cm³/mol. The molecule has 2 heterocycles. The second kappa shape index (κ2) is 8.58. The number of Topliss-reactive ketones (excluding diaryl/α,β-unsaturated/α-hetero) is 1. The fourth-order valence-electron chi connectivity index (χ4n) is 4.12. The van der Waals surface area contributed by atoms with Gasteiger partial charge in [0, 0.05) is 23.7 Å². The van der Waals surface area contributed by atoms with Crippen molar-refractivity contribution in [1.29, 1.82) is 0 Å². The van der Waals surface area contributed by atoms with E-state index in [1.165, 1.54) is 17.0 Å². The zero-order valence-corrected chi connectivity index (χ0v) is 17.1. The molecular weight excluding hydrogens is 407 g/mol. The maximum atomic E-state index is 13.5. The maximum Gasteiger partial charge on any atom is 0.295 e. The zero-order valence-electron chi connectivity index (χ0n) is 16.4. The molecule has 4 rings (SSSR count). The Labute approximate surface area is 179 Å². The third kappa shape index (κ3) is 3.98. The van der Waals surface area contributed by atoms with Gasteiger partial charge in [-0.1, -0.05) is 23.7 Å². The molecule has 2 aliphatic rings. The molecular formula is C23H22ClFN2O3. The molecule has 7 heteroatoms. The summed E-state index contributed by atoms with van der Waals surface area (Å²) in [6.45, 7) is 2.93. The van der Waals surface area contributed by atoms with Crippen molar-refractivity contribution in [2.45, 2.75) is 18.9 Å². The van der Waals surface area contributed by atoms with Crippen LogP contribution >= 0.6 is 11.6 Å². The molecule has 30 heavy (non-hydrogen) atoms. The number of carbonyl (C=O) groups excluding carboxylic acids is 2. The normalized spacial score (nSPS) is 21.5. The van der Waals surface area contributed by atoms with E-state index in [1.807, 2.05) is 0 Å². The first-order chi connectivity index (χ1) is 14.5. The second-order valence-electron chi connectivity index (χ2n) is 7.60. The summed E-state index contributed by atoms with van der Waals surface area (Å²) in [6.07, 6.45) is 2.24. The number of hydrogen-bond acceptors (Lipinski definition) is 4. The third-order valence-corrected chi connectivity index (χ3v) is 5.95. The molecule has 2 saturated heterocycles. The van der Waals surface area contributed by atoms with Crippen LogP contribution in [0.4, 0.5) is 4.39 Å². The highest BCUT2D eigenvalue weighted by Crippen LogP contribution is 2.39. The van der Waals surface area contributed by atoms with Crippen LogP contribution in [0.5, 0.6) is 0 Å². The number of likely N-dealkylation sites (tertiary alicyclic amines) is 2. The monoisotopic (exact) mass is 428 g/mol. The lowest BCUT2D eigenvalue weighted by Crippen LogP contribution is -2.37. The Morgan fingerprint density at radius 2 is 1.63 bits per heavy atom. The van der Waals surface area contributed by atoms with Gasteiger partial charge in [0.25, 0.3) is 11.7 Å². The van der Waals surface area contributed by atoms with Crippen molar-refractivity contribution in [2.24, 2.45) is 0 Å². The van der Waals surface area contributed by atoms with Crippen LogP contribution in [0, 0.1) is 5.82 Å². The Bertz CT molecular complexity index is 983. The van der Waals surface area contributed by atoms with Gasteiger partial charge < -0.3 is 14.9 Å². The number of nitrogens with zero attached hydrogens (tertiary/aromatic N) is 2. The molecule has 0 spiro atoms. The zero-order chi connectivity index (χ0) is 21.3. The number of ketones is 1. The Hall–Kier alpha value is -2.70. The van der Waals surface area contributed by atoms with Gasteiger partial charge >= 0.3 is 0 Å². The number of hydrogen-bond donors (Lipinski definition) is 1. The Morgan fingerprint density at radius 3 is 2.27 bits per heavy atom. The molecule has 1 amide bonds. The predicted octanol–water partition coefficient (Wildman–Crippen LogP) is 4.00. The number of halogens is 2. The van der Waals surface area contributed by atoms with Gasteiger partial charge in [-0.15, -0.1) is 0 Å². The van der Waals surface area contributed by atoms with E-state index in [2.05, 4.69) is 4.90 Å². The number of carbonyl (C=O) groups is 2. The molecule has 0 aromatic heterocycles. The van der Waals surface area contributed by atoms with Crippen molar-refractivity contribution in [1.82, 2.24) is 9.80 Å². The highest BCUT2D eigenvalue weighted by molar-refractivity contribution is 6.46. The van der Waals surface area contributed by atoms with Crippen LogP contribution < -0.4 is 0 Å². The molecule has 1 N–H and O–H groups in total. The largest absolute Gasteiger partial charge is 0.507 e. The van der Waals surface area contributed by atoms with E-state index < -0.39 is 23.5 Å². The molecule has 2 fully saturated rings. The van der Waals surface area contributed by atoms with Crippen LogP contribution in [0.1, 0.15) is 30.0 Å². The van der Waals surface area contributed by atoms with Gasteiger partial charge in [0.05, 0.1) is 11.6 Å². The van der Waals surface area contributed by atoms with Crippen LogP contribution in [-0.4, -0.2) is 52.8 Å². The summed E-state index contributed by atoms with van der Waals surface area (Å²) >= 11 is 5.93. The SMILES string of the molecule is O=C1C(=O)N(CCN2CCCC2)C(c2ccc(F)cc2)/C1=C(\O)c1ccc(Cl)cc1. The number of aliphatic hydroxyl groups is 1. The van der Waals surface area contributed by atoms with Gasteiger partial charge in [-0.3, -0.25) is 9.59 Å². The smallest absolute Gasteiger partial charge is 0.295 e. The average molecular weight is 429 g/mol.